The van der Waals surface area contributed by atoms with Crippen LogP contribution in [0.2, 0.25) is 0 Å². The molecule has 0 aromatic carbocycles. The van der Waals surface area contributed by atoms with E-state index in [9.17, 15) is 14.7 Å². The fraction of sp³-hybridized carbons (Fsp3) is 0.878. The van der Waals surface area contributed by atoms with Crippen molar-refractivity contribution >= 4 is 11.7 Å². The minimum atomic E-state index is -0.912. The number of ketones is 1. The number of carbonyl (C=O) groups is 2. The van der Waals surface area contributed by atoms with Gasteiger partial charge in [0.2, 0.25) is 5.91 Å². The van der Waals surface area contributed by atoms with Gasteiger partial charge in [-0.15, -0.1) is 0 Å². The molecule has 18 atom stereocenters. The highest BCUT2D eigenvalue weighted by Gasteiger charge is 2.51. The van der Waals surface area contributed by atoms with Crippen LogP contribution in [0.15, 0.2) is 24.3 Å². The summed E-state index contributed by atoms with van der Waals surface area (Å²) in [6, 6.07) is 0. The predicted molar refractivity (Wildman–Crippen MR) is 239 cm³/mol. The van der Waals surface area contributed by atoms with Crippen molar-refractivity contribution in [2.75, 3.05) is 60.8 Å². The third kappa shape index (κ3) is 13.5. The number of ether oxygens (including phenoxy) is 11. The van der Waals surface area contributed by atoms with Crippen molar-refractivity contribution in [3.63, 3.8) is 0 Å². The number of nitrogens with one attached hydrogen (secondary N) is 1. The van der Waals surface area contributed by atoms with E-state index in [1.807, 2.05) is 0 Å². The Bertz CT molecular complexity index is 1550. The van der Waals surface area contributed by atoms with Crippen molar-refractivity contribution in [1.82, 2.24) is 5.32 Å². The first-order valence-corrected chi connectivity index (χ1v) is 24.7. The van der Waals surface area contributed by atoms with Gasteiger partial charge in [-0.3, -0.25) is 9.59 Å². The van der Waals surface area contributed by atoms with Crippen LogP contribution < -0.4 is 11.1 Å². The van der Waals surface area contributed by atoms with Gasteiger partial charge in [-0.2, -0.15) is 0 Å². The van der Waals surface area contributed by atoms with Gasteiger partial charge in [0.15, 0.2) is 0 Å². The molecule has 16 heteroatoms. The van der Waals surface area contributed by atoms with Crippen LogP contribution in [0.25, 0.3) is 0 Å². The van der Waals surface area contributed by atoms with E-state index < -0.39 is 24.4 Å². The molecule has 9 rings (SSSR count). The lowest BCUT2D eigenvalue weighted by molar-refractivity contribution is -0.252. The topological polar surface area (TPSA) is 194 Å². The minimum absolute atomic E-state index is 0.00292. The third-order valence-electron chi connectivity index (χ3n) is 15.1. The highest BCUT2D eigenvalue weighted by molar-refractivity contribution is 5.79. The molecule has 9 fully saturated rings. The number of methoxy groups -OCH3 is 3. The van der Waals surface area contributed by atoms with E-state index in [0.29, 0.717) is 45.6 Å². The number of aliphatic hydroxyl groups is 1. The maximum atomic E-state index is 14.3. The Hall–Kier alpha value is -1.90. The monoisotopic (exact) mass is 921 g/mol. The SMILES string of the molecule is C=C1C[C@@H]2CC[C@@H]3C[C@@H](OC)[C@H](O3)C3C[C@@H](OC)[C@H]4O[C@H](CC[C@@H]4O3)CC(=O)C[C@@H]3[C@@H](OC)[C@@H](C[C@H](O)CNC(=O)CCOCCOCCN)O[C@H]3C[C@H]3O[C@@H](CC[C@@H]1O2)C[C@@H](C)C3=C. The number of amides is 1. The summed E-state index contributed by atoms with van der Waals surface area (Å²) in [7, 11) is 5.10. The van der Waals surface area contributed by atoms with Gasteiger partial charge < -0.3 is 68.3 Å². The van der Waals surface area contributed by atoms with Gasteiger partial charge in [0, 0.05) is 85.3 Å². The molecule has 0 radical (unpaired) electrons. The van der Waals surface area contributed by atoms with Gasteiger partial charge in [0.25, 0.3) is 0 Å². The van der Waals surface area contributed by atoms with E-state index in [1.54, 1.807) is 21.3 Å². The molecule has 9 saturated heterocycles. The second-order valence-corrected chi connectivity index (χ2v) is 19.7. The van der Waals surface area contributed by atoms with E-state index in [1.165, 1.54) is 0 Å². The summed E-state index contributed by atoms with van der Waals surface area (Å²) >= 11 is 0. The van der Waals surface area contributed by atoms with Crippen molar-refractivity contribution in [1.29, 1.82) is 0 Å². The standard InChI is InChI=1S/C49H80N2O14/c1-28-19-34-9-11-38-29(2)20-33(60-38)7-8-36-24-42(55-4)49(63-36)45-26-43(56-5)48-39(64-45)12-10-35(62-48)21-31(52)22-37-41(25-40(61-34)30(28)3)65-44(47(37)57-6)23-32(53)27-51-46(54)13-15-58-17-18-59-16-14-50/h28,32-45,47-49,53H,2-3,7-27,50H2,1,4-6H3,(H,51,54)/t28-,32+,33+,34+,35-,36-,37+,38+,39+,40-,41+,42-,43-,44-,45?,47-,48+,49+/m1/s1. The maximum Gasteiger partial charge on any atom is 0.222 e. The zero-order valence-electron chi connectivity index (χ0n) is 39.5. The first-order valence-electron chi connectivity index (χ1n) is 24.7. The number of hydrogen-bond donors (Lipinski definition) is 3. The van der Waals surface area contributed by atoms with Crippen LogP contribution >= 0.6 is 0 Å². The van der Waals surface area contributed by atoms with Crippen LogP contribution in [0.1, 0.15) is 103 Å². The summed E-state index contributed by atoms with van der Waals surface area (Å²) in [5.41, 5.74) is 7.58. The number of Topliss-reactive ketones (excluding diaryl/α,β-unsaturated/α-hetero) is 1. The fourth-order valence-corrected chi connectivity index (χ4v) is 11.6. The molecule has 0 aliphatic carbocycles. The predicted octanol–water partition coefficient (Wildman–Crippen LogP) is 3.90. The number of fused-ring (bicyclic) bond motifs is 2. The lowest BCUT2D eigenvalue weighted by Gasteiger charge is -2.47. The fourth-order valence-electron chi connectivity index (χ4n) is 11.6. The minimum Gasteiger partial charge on any atom is -0.391 e. The van der Waals surface area contributed by atoms with Crippen molar-refractivity contribution in [3.8, 4) is 0 Å². The average molecular weight is 921 g/mol. The van der Waals surface area contributed by atoms with Crippen molar-refractivity contribution in [2.24, 2.45) is 17.6 Å². The molecule has 9 heterocycles. The van der Waals surface area contributed by atoms with Crippen molar-refractivity contribution < 1.29 is 66.8 Å². The summed E-state index contributed by atoms with van der Waals surface area (Å²) in [6.45, 7) is 13.1. The molecule has 16 nitrogen and oxygen atoms in total. The van der Waals surface area contributed by atoms with Gasteiger partial charge in [-0.25, -0.2) is 0 Å². The highest BCUT2D eigenvalue weighted by atomic mass is 16.6. The molecule has 9 aliphatic heterocycles. The Morgan fingerprint density at radius 3 is 2.15 bits per heavy atom. The molecule has 1 amide bonds. The molecule has 1 unspecified atom stereocenters. The quantitative estimate of drug-likeness (QED) is 0.158. The summed E-state index contributed by atoms with van der Waals surface area (Å²) in [4.78, 5) is 26.8. The Kier molecular flexibility index (Phi) is 19.3. The molecule has 65 heavy (non-hydrogen) atoms. The lowest BCUT2D eigenvalue weighted by atomic mass is 9.81. The van der Waals surface area contributed by atoms with Crippen LogP contribution in [0.4, 0.5) is 0 Å². The maximum absolute atomic E-state index is 14.3. The summed E-state index contributed by atoms with van der Waals surface area (Å²) in [5, 5.41) is 14.0. The molecule has 4 N–H and O–H groups in total. The van der Waals surface area contributed by atoms with Gasteiger partial charge in [-0.05, 0) is 68.4 Å². The number of nitrogens with two attached hydrogens (primary N) is 1. The van der Waals surface area contributed by atoms with Gasteiger partial charge in [0.05, 0.1) is 112 Å². The second-order valence-electron chi connectivity index (χ2n) is 19.7. The molecule has 0 aromatic rings. The zero-order valence-corrected chi connectivity index (χ0v) is 39.5. The largest absolute Gasteiger partial charge is 0.391 e. The molecule has 0 aromatic heterocycles. The number of carbonyl (C=O) groups excluding carboxylic acids is 2. The summed E-state index contributed by atoms with van der Waals surface area (Å²) in [5.74, 6) is -0.259. The Morgan fingerprint density at radius 1 is 0.723 bits per heavy atom. The Morgan fingerprint density at radius 2 is 1.38 bits per heavy atom. The van der Waals surface area contributed by atoms with E-state index in [-0.39, 0.29) is 136 Å². The van der Waals surface area contributed by atoms with E-state index in [2.05, 4.69) is 25.4 Å². The Balaban J connectivity index is 1.04. The molecule has 0 spiro atoms. The van der Waals surface area contributed by atoms with Crippen LogP contribution in [-0.2, 0) is 61.7 Å². The smallest absolute Gasteiger partial charge is 0.222 e. The first-order chi connectivity index (χ1) is 31.5. The average Bonchev–Trinajstić information content (AvgIpc) is 3.98. The second kappa shape index (κ2) is 24.6. The van der Waals surface area contributed by atoms with Crippen molar-refractivity contribution in [2.45, 2.75) is 201 Å². The lowest BCUT2D eigenvalue weighted by Crippen LogP contribution is -2.57. The van der Waals surface area contributed by atoms with Gasteiger partial charge in [-0.1, -0.05) is 20.1 Å². The first kappa shape index (κ1) is 51.0. The van der Waals surface area contributed by atoms with Gasteiger partial charge >= 0.3 is 0 Å². The zero-order chi connectivity index (χ0) is 46.0. The highest BCUT2D eigenvalue weighted by Crippen LogP contribution is 2.43. The molecular weight excluding hydrogens is 841 g/mol. The number of aliphatic hydroxyl groups excluding tert-OH is 1. The van der Waals surface area contributed by atoms with E-state index >= 15 is 0 Å². The van der Waals surface area contributed by atoms with Crippen LogP contribution in [0.3, 0.4) is 0 Å². The van der Waals surface area contributed by atoms with E-state index in [4.69, 9.17) is 57.8 Å². The third-order valence-corrected chi connectivity index (χ3v) is 15.1. The van der Waals surface area contributed by atoms with Crippen LogP contribution in [0, 0.1) is 11.8 Å². The summed E-state index contributed by atoms with van der Waals surface area (Å²) < 4.78 is 69.6. The van der Waals surface area contributed by atoms with Gasteiger partial charge in [0.1, 0.15) is 18.0 Å². The van der Waals surface area contributed by atoms with Crippen molar-refractivity contribution in [3.05, 3.63) is 24.3 Å². The molecule has 9 aliphatic rings. The Labute approximate surface area is 386 Å². The number of hydrogen-bond acceptors (Lipinski definition) is 15. The molecular formula is C49H80N2O14. The van der Waals surface area contributed by atoms with Crippen LogP contribution in [0.5, 0.6) is 0 Å². The number of rotatable bonds is 15. The normalized spacial score (nSPS) is 41.0. The summed E-state index contributed by atoms with van der Waals surface area (Å²) in [6.07, 6.45) is 5.19. The molecule has 10 bridgehead atoms. The molecule has 370 valence electrons. The van der Waals surface area contributed by atoms with Crippen LogP contribution in [-0.4, -0.2) is 175 Å². The van der Waals surface area contributed by atoms with E-state index in [0.717, 1.165) is 62.5 Å². The molecule has 0 saturated carbocycles.